The van der Waals surface area contributed by atoms with Crippen molar-refractivity contribution in [1.29, 1.82) is 0 Å². The summed E-state index contributed by atoms with van der Waals surface area (Å²) < 4.78 is 7.43. The van der Waals surface area contributed by atoms with E-state index in [1.807, 2.05) is 43.1 Å². The van der Waals surface area contributed by atoms with Crippen molar-refractivity contribution in [2.45, 2.75) is 6.92 Å². The van der Waals surface area contributed by atoms with Crippen molar-refractivity contribution in [2.75, 3.05) is 6.61 Å². The van der Waals surface area contributed by atoms with E-state index in [1.165, 1.54) is 12.1 Å². The summed E-state index contributed by atoms with van der Waals surface area (Å²) in [5, 5.41) is 10.8. The zero-order chi connectivity index (χ0) is 13.8. The minimum atomic E-state index is -0.419. The SMILES string of the molecule is CCOc1cc([N+](=O)[O-])ccc1-c1cc[n+](C)cc1.[I-]. The molecule has 0 aliphatic rings. The number of aromatic nitrogens is 1. The Kier molecular flexibility index (Phi) is 5.87. The van der Waals surface area contributed by atoms with Crippen LogP contribution in [0.25, 0.3) is 11.1 Å². The summed E-state index contributed by atoms with van der Waals surface area (Å²) >= 11 is 0. The van der Waals surface area contributed by atoms with E-state index in [1.54, 1.807) is 6.07 Å². The molecule has 106 valence electrons. The number of aryl methyl sites for hydroxylation is 1. The molecule has 5 nitrogen and oxygen atoms in total. The topological polar surface area (TPSA) is 56.3 Å². The van der Waals surface area contributed by atoms with E-state index in [2.05, 4.69) is 0 Å². The zero-order valence-electron chi connectivity index (χ0n) is 11.2. The summed E-state index contributed by atoms with van der Waals surface area (Å²) in [5.74, 6) is 0.533. The van der Waals surface area contributed by atoms with Crippen LogP contribution in [0.4, 0.5) is 5.69 Å². The first-order valence-corrected chi connectivity index (χ1v) is 5.98. The Morgan fingerprint density at radius 2 is 1.90 bits per heavy atom. The van der Waals surface area contributed by atoms with E-state index in [9.17, 15) is 10.1 Å². The van der Waals surface area contributed by atoms with Crippen LogP contribution in [0.1, 0.15) is 6.92 Å². The molecule has 1 aromatic carbocycles. The van der Waals surface area contributed by atoms with E-state index < -0.39 is 4.92 Å². The monoisotopic (exact) mass is 386 g/mol. The molecule has 0 spiro atoms. The first-order valence-electron chi connectivity index (χ1n) is 5.98. The lowest BCUT2D eigenvalue weighted by molar-refractivity contribution is -0.671. The summed E-state index contributed by atoms with van der Waals surface area (Å²) in [4.78, 5) is 10.4. The number of benzene rings is 1. The van der Waals surface area contributed by atoms with Crippen LogP contribution in [0, 0.1) is 10.1 Å². The Hall–Kier alpha value is -1.70. The fourth-order valence-electron chi connectivity index (χ4n) is 1.82. The van der Waals surface area contributed by atoms with Gasteiger partial charge in [-0.15, -0.1) is 0 Å². The molecule has 20 heavy (non-hydrogen) atoms. The maximum atomic E-state index is 10.8. The quantitative estimate of drug-likeness (QED) is 0.308. The lowest BCUT2D eigenvalue weighted by atomic mass is 10.1. The van der Waals surface area contributed by atoms with Gasteiger partial charge in [0.2, 0.25) is 0 Å². The van der Waals surface area contributed by atoms with Gasteiger partial charge < -0.3 is 28.7 Å². The maximum absolute atomic E-state index is 10.8. The average molecular weight is 386 g/mol. The highest BCUT2D eigenvalue weighted by molar-refractivity contribution is 5.71. The third-order valence-electron chi connectivity index (χ3n) is 2.77. The summed E-state index contributed by atoms with van der Waals surface area (Å²) in [6.07, 6.45) is 3.85. The van der Waals surface area contributed by atoms with Crippen LogP contribution in [0.15, 0.2) is 42.7 Å². The molecule has 6 heteroatoms. The van der Waals surface area contributed by atoms with Crippen LogP contribution in [-0.4, -0.2) is 11.5 Å². The predicted molar refractivity (Wildman–Crippen MR) is 70.9 cm³/mol. The molecule has 0 amide bonds. The van der Waals surface area contributed by atoms with Crippen molar-refractivity contribution in [1.82, 2.24) is 0 Å². The van der Waals surface area contributed by atoms with E-state index in [4.69, 9.17) is 4.74 Å². The highest BCUT2D eigenvalue weighted by atomic mass is 127. The second-order valence-electron chi connectivity index (χ2n) is 4.12. The van der Waals surface area contributed by atoms with Gasteiger partial charge in [0.25, 0.3) is 5.69 Å². The van der Waals surface area contributed by atoms with Crippen LogP contribution in [0.2, 0.25) is 0 Å². The normalized spacial score (nSPS) is 9.70. The van der Waals surface area contributed by atoms with E-state index in [0.717, 1.165) is 11.1 Å². The van der Waals surface area contributed by atoms with Crippen LogP contribution in [0.3, 0.4) is 0 Å². The van der Waals surface area contributed by atoms with Crippen LogP contribution < -0.4 is 33.3 Å². The van der Waals surface area contributed by atoms with Crippen molar-refractivity contribution in [3.63, 3.8) is 0 Å². The number of non-ortho nitro benzene ring substituents is 1. The minimum absolute atomic E-state index is 0. The van der Waals surface area contributed by atoms with Crippen LogP contribution >= 0.6 is 0 Å². The fraction of sp³-hybridized carbons (Fsp3) is 0.214. The van der Waals surface area contributed by atoms with E-state index >= 15 is 0 Å². The molecule has 0 radical (unpaired) electrons. The van der Waals surface area contributed by atoms with Gasteiger partial charge in [-0.1, -0.05) is 0 Å². The molecule has 1 aromatic heterocycles. The van der Waals surface area contributed by atoms with E-state index in [0.29, 0.717) is 12.4 Å². The van der Waals surface area contributed by atoms with Crippen LogP contribution in [-0.2, 0) is 7.05 Å². The Morgan fingerprint density at radius 1 is 1.25 bits per heavy atom. The highest BCUT2D eigenvalue weighted by Gasteiger charge is 2.13. The van der Waals surface area contributed by atoms with Gasteiger partial charge in [0, 0.05) is 23.8 Å². The summed E-state index contributed by atoms with van der Waals surface area (Å²) in [7, 11) is 1.93. The molecule has 2 rings (SSSR count). The molecule has 1 heterocycles. The largest absolute Gasteiger partial charge is 1.00 e. The lowest BCUT2D eigenvalue weighted by Gasteiger charge is -2.09. The highest BCUT2D eigenvalue weighted by Crippen LogP contribution is 2.32. The molecule has 0 N–H and O–H groups in total. The molecular formula is C14H15IN2O3. The average Bonchev–Trinajstić information content (AvgIpc) is 2.40. The number of ether oxygens (including phenoxy) is 1. The number of nitro benzene ring substituents is 1. The van der Waals surface area contributed by atoms with Gasteiger partial charge in [0.1, 0.15) is 12.8 Å². The number of nitro groups is 1. The van der Waals surface area contributed by atoms with Crippen LogP contribution in [0.5, 0.6) is 5.75 Å². The van der Waals surface area contributed by atoms with Gasteiger partial charge in [-0.3, -0.25) is 10.1 Å². The van der Waals surface area contributed by atoms with Gasteiger partial charge in [-0.2, -0.15) is 0 Å². The molecule has 0 bridgehead atoms. The smallest absolute Gasteiger partial charge is 0.273 e. The maximum Gasteiger partial charge on any atom is 0.273 e. The van der Waals surface area contributed by atoms with Gasteiger partial charge in [0.15, 0.2) is 12.4 Å². The van der Waals surface area contributed by atoms with Crippen molar-refractivity contribution >= 4 is 5.69 Å². The molecule has 0 atom stereocenters. The molecule has 0 saturated carbocycles. The number of halogens is 1. The second-order valence-corrected chi connectivity index (χ2v) is 4.12. The molecule has 0 fully saturated rings. The van der Waals surface area contributed by atoms with Crippen molar-refractivity contribution in [3.05, 3.63) is 52.8 Å². The summed E-state index contributed by atoms with van der Waals surface area (Å²) in [6.45, 7) is 2.32. The molecule has 0 saturated heterocycles. The number of rotatable bonds is 4. The van der Waals surface area contributed by atoms with Crippen molar-refractivity contribution < 1.29 is 38.2 Å². The van der Waals surface area contributed by atoms with Crippen molar-refractivity contribution in [2.24, 2.45) is 7.05 Å². The minimum Gasteiger partial charge on any atom is -1.00 e. The molecule has 0 aliphatic heterocycles. The summed E-state index contributed by atoms with van der Waals surface area (Å²) in [6, 6.07) is 8.57. The third kappa shape index (κ3) is 3.66. The van der Waals surface area contributed by atoms with Gasteiger partial charge in [-0.05, 0) is 18.6 Å². The Morgan fingerprint density at radius 3 is 2.45 bits per heavy atom. The standard InChI is InChI=1S/C14H15N2O3.HI/c1-3-19-14-10-12(16(17)18)4-5-13(14)11-6-8-15(2)9-7-11;/h4-10H,3H2,1-2H3;1H/q+1;/p-1. The number of nitrogens with zero attached hydrogens (tertiary/aromatic N) is 2. The predicted octanol–water partition coefficient (Wildman–Crippen LogP) is -0.511. The Balaban J connectivity index is 0.00000200. The van der Waals surface area contributed by atoms with E-state index in [-0.39, 0.29) is 29.7 Å². The number of hydrogen-bond acceptors (Lipinski definition) is 3. The number of hydrogen-bond donors (Lipinski definition) is 0. The third-order valence-corrected chi connectivity index (χ3v) is 2.77. The molecule has 0 unspecified atom stereocenters. The number of pyridine rings is 1. The molecular weight excluding hydrogens is 371 g/mol. The Labute approximate surface area is 134 Å². The fourth-order valence-corrected chi connectivity index (χ4v) is 1.82. The van der Waals surface area contributed by atoms with Crippen molar-refractivity contribution in [3.8, 4) is 16.9 Å². The molecule has 0 aliphatic carbocycles. The summed E-state index contributed by atoms with van der Waals surface area (Å²) in [5.41, 5.74) is 1.86. The molecule has 2 aromatic rings. The first kappa shape index (κ1) is 16.4. The first-order chi connectivity index (χ1) is 9.11. The lowest BCUT2D eigenvalue weighted by Crippen LogP contribution is -3.00. The second kappa shape index (κ2) is 7.18. The van der Waals surface area contributed by atoms with Gasteiger partial charge >= 0.3 is 0 Å². The zero-order valence-corrected chi connectivity index (χ0v) is 13.4. The Bertz CT molecular complexity index is 600. The van der Waals surface area contributed by atoms with Gasteiger partial charge in [-0.25, -0.2) is 4.57 Å². The van der Waals surface area contributed by atoms with Gasteiger partial charge in [0.05, 0.1) is 17.6 Å².